The molecule has 2 aliphatic heterocycles. The summed E-state index contributed by atoms with van der Waals surface area (Å²) in [5, 5.41) is 10.4. The second kappa shape index (κ2) is 12.2. The number of carbonyl (C=O) groups is 1. The lowest BCUT2D eigenvalue weighted by Gasteiger charge is -2.38. The predicted molar refractivity (Wildman–Crippen MR) is 170 cm³/mol. The van der Waals surface area contributed by atoms with Gasteiger partial charge in [0.1, 0.15) is 12.1 Å². The first-order chi connectivity index (χ1) is 21.2. The van der Waals surface area contributed by atoms with Crippen LogP contribution in [0.5, 0.6) is 5.88 Å². The number of ether oxygens (including phenoxy) is 1. The molecule has 3 atom stereocenters. The topological polar surface area (TPSA) is 87.3 Å². The summed E-state index contributed by atoms with van der Waals surface area (Å²) in [5.74, 6) is -0.408. The zero-order valence-electron chi connectivity index (χ0n) is 25.3. The molecule has 3 unspecified atom stereocenters. The van der Waals surface area contributed by atoms with E-state index in [0.717, 1.165) is 36.1 Å². The first-order valence-electron chi connectivity index (χ1n) is 15.1. The lowest BCUT2D eigenvalue weighted by atomic mass is 9.94. The van der Waals surface area contributed by atoms with Gasteiger partial charge in [-0.05, 0) is 82.0 Å². The molecule has 0 radical (unpaired) electrons. The minimum Gasteiger partial charge on any atom is -0.474 e. The Hall–Kier alpha value is -4.00. The number of aromatic nitrogens is 3. The molecule has 0 N–H and O–H groups in total. The van der Waals surface area contributed by atoms with Crippen molar-refractivity contribution in [2.75, 3.05) is 26.7 Å². The SMILES string of the molecule is C=CC(=O)N1CCC(n2cnc3c(OCC4CCCN4C)nc4c(F)c(-c5cccc(C)c5C)c(Cl)cc4c32)CC1CC#N. The highest BCUT2D eigenvalue weighted by Gasteiger charge is 2.33. The largest absolute Gasteiger partial charge is 0.474 e. The molecule has 0 bridgehead atoms. The molecule has 8 nitrogen and oxygen atoms in total. The first kappa shape index (κ1) is 30.0. The summed E-state index contributed by atoms with van der Waals surface area (Å²) in [6, 6.07) is 9.65. The number of halogens is 2. The number of carbonyl (C=O) groups excluding carboxylic acids is 1. The number of fused-ring (bicyclic) bond motifs is 3. The molecular weight excluding hydrogens is 579 g/mol. The van der Waals surface area contributed by atoms with Crippen molar-refractivity contribution in [3.8, 4) is 23.1 Å². The number of hydrogen-bond donors (Lipinski definition) is 0. The molecule has 6 rings (SSSR count). The number of amides is 1. The van der Waals surface area contributed by atoms with Crippen molar-refractivity contribution < 1.29 is 13.9 Å². The maximum absolute atomic E-state index is 16.7. The summed E-state index contributed by atoms with van der Waals surface area (Å²) in [6.07, 6.45) is 6.53. The standard InChI is InChI=1S/C34H36ClFN6O2/c1-5-28(43)41-15-12-23(16-22(41)11-13-37)42-19-38-32-33(42)26-17-27(35)29(25-10-6-8-20(2)21(25)3)30(36)31(26)39-34(32)44-18-24-9-7-14-40(24)4/h5-6,8,10,17,19,22-24H,1,7,9,11-12,14-16,18H2,2-4H3. The summed E-state index contributed by atoms with van der Waals surface area (Å²) in [7, 11) is 2.08. The molecule has 1 amide bonds. The van der Waals surface area contributed by atoms with Gasteiger partial charge in [-0.15, -0.1) is 0 Å². The number of nitriles is 1. The molecule has 4 aromatic rings. The van der Waals surface area contributed by atoms with E-state index in [2.05, 4.69) is 24.6 Å². The molecule has 0 saturated carbocycles. The van der Waals surface area contributed by atoms with Gasteiger partial charge < -0.3 is 19.1 Å². The molecule has 2 aromatic heterocycles. The smallest absolute Gasteiger partial charge is 0.246 e. The molecular formula is C34H36ClFN6O2. The number of aryl methyl sites for hydroxylation is 1. The van der Waals surface area contributed by atoms with Gasteiger partial charge in [-0.3, -0.25) is 4.79 Å². The average Bonchev–Trinajstić information content (AvgIpc) is 3.65. The highest BCUT2D eigenvalue weighted by atomic mass is 35.5. The van der Waals surface area contributed by atoms with Crippen LogP contribution in [-0.4, -0.2) is 69.1 Å². The third-order valence-electron chi connectivity index (χ3n) is 9.48. The van der Waals surface area contributed by atoms with Gasteiger partial charge in [0.05, 0.1) is 29.4 Å². The van der Waals surface area contributed by atoms with Crippen molar-refractivity contribution in [2.24, 2.45) is 0 Å². The molecule has 2 aromatic carbocycles. The van der Waals surface area contributed by atoms with E-state index >= 15 is 4.39 Å². The number of likely N-dealkylation sites (N-methyl/N-ethyl adjacent to an activating group) is 1. The van der Waals surface area contributed by atoms with Crippen LogP contribution in [0.1, 0.15) is 49.3 Å². The fourth-order valence-corrected chi connectivity index (χ4v) is 7.13. The lowest BCUT2D eigenvalue weighted by molar-refractivity contribution is -0.130. The fourth-order valence-electron chi connectivity index (χ4n) is 6.84. The summed E-state index contributed by atoms with van der Waals surface area (Å²) in [5.41, 5.74) is 4.41. The second-order valence-corrected chi connectivity index (χ2v) is 12.4. The van der Waals surface area contributed by atoms with Gasteiger partial charge in [-0.2, -0.15) is 5.26 Å². The molecule has 10 heteroatoms. The van der Waals surface area contributed by atoms with Crippen molar-refractivity contribution in [3.05, 3.63) is 65.2 Å². The summed E-state index contributed by atoms with van der Waals surface area (Å²) in [4.78, 5) is 26.0. The van der Waals surface area contributed by atoms with Crippen molar-refractivity contribution >= 4 is 39.4 Å². The molecule has 2 aliphatic rings. The monoisotopic (exact) mass is 614 g/mol. The van der Waals surface area contributed by atoms with Crippen LogP contribution in [0.15, 0.2) is 43.2 Å². The van der Waals surface area contributed by atoms with E-state index in [-0.39, 0.29) is 46.9 Å². The Balaban J connectivity index is 1.52. The Morgan fingerprint density at radius 2 is 2.07 bits per heavy atom. The first-order valence-corrected chi connectivity index (χ1v) is 15.5. The zero-order chi connectivity index (χ0) is 31.1. The minimum absolute atomic E-state index is 0.0906. The van der Waals surface area contributed by atoms with Crippen molar-refractivity contribution in [1.29, 1.82) is 5.26 Å². The van der Waals surface area contributed by atoms with E-state index in [0.29, 0.717) is 48.0 Å². The average molecular weight is 615 g/mol. The Labute approximate surface area is 261 Å². The van der Waals surface area contributed by atoms with Gasteiger partial charge in [0.25, 0.3) is 0 Å². The number of piperidine rings is 1. The number of benzene rings is 2. The summed E-state index contributed by atoms with van der Waals surface area (Å²) >= 11 is 6.89. The van der Waals surface area contributed by atoms with E-state index in [9.17, 15) is 10.1 Å². The maximum atomic E-state index is 16.7. The third kappa shape index (κ3) is 5.20. The summed E-state index contributed by atoms with van der Waals surface area (Å²) < 4.78 is 25.1. The predicted octanol–water partition coefficient (Wildman–Crippen LogP) is 6.77. The normalized spacial score (nSPS) is 20.7. The van der Waals surface area contributed by atoms with E-state index < -0.39 is 5.82 Å². The zero-order valence-corrected chi connectivity index (χ0v) is 26.1. The quantitative estimate of drug-likeness (QED) is 0.214. The second-order valence-electron chi connectivity index (χ2n) is 12.0. The van der Waals surface area contributed by atoms with Gasteiger partial charge in [0, 0.05) is 35.6 Å². The Bertz CT molecular complexity index is 1810. The van der Waals surface area contributed by atoms with Crippen LogP contribution in [0.25, 0.3) is 33.1 Å². The Morgan fingerprint density at radius 3 is 2.80 bits per heavy atom. The highest BCUT2D eigenvalue weighted by molar-refractivity contribution is 6.34. The van der Waals surface area contributed by atoms with Crippen LogP contribution in [0.2, 0.25) is 5.02 Å². The Kier molecular flexibility index (Phi) is 8.32. The van der Waals surface area contributed by atoms with E-state index in [1.807, 2.05) is 36.6 Å². The minimum atomic E-state index is -0.507. The molecule has 0 spiro atoms. The van der Waals surface area contributed by atoms with Crippen LogP contribution in [0.4, 0.5) is 4.39 Å². The molecule has 4 heterocycles. The van der Waals surface area contributed by atoms with Crippen LogP contribution in [0, 0.1) is 31.0 Å². The van der Waals surface area contributed by atoms with E-state index in [1.54, 1.807) is 17.3 Å². The molecule has 44 heavy (non-hydrogen) atoms. The summed E-state index contributed by atoms with van der Waals surface area (Å²) in [6.45, 7) is 9.47. The van der Waals surface area contributed by atoms with Crippen molar-refractivity contribution in [3.63, 3.8) is 0 Å². The van der Waals surface area contributed by atoms with Gasteiger partial charge in [-0.1, -0.05) is 36.4 Å². The van der Waals surface area contributed by atoms with Crippen LogP contribution in [-0.2, 0) is 4.79 Å². The number of nitrogens with zero attached hydrogens (tertiary/aromatic N) is 6. The molecule has 0 aliphatic carbocycles. The van der Waals surface area contributed by atoms with E-state index in [1.165, 1.54) is 6.08 Å². The third-order valence-corrected chi connectivity index (χ3v) is 9.78. The molecule has 2 saturated heterocycles. The number of rotatable bonds is 7. The Morgan fingerprint density at radius 1 is 1.25 bits per heavy atom. The van der Waals surface area contributed by atoms with Crippen LogP contribution in [0.3, 0.4) is 0 Å². The van der Waals surface area contributed by atoms with Crippen LogP contribution >= 0.6 is 11.6 Å². The number of hydrogen-bond acceptors (Lipinski definition) is 6. The lowest BCUT2D eigenvalue weighted by Crippen LogP contribution is -2.45. The van der Waals surface area contributed by atoms with Crippen molar-refractivity contribution in [2.45, 2.75) is 64.1 Å². The van der Waals surface area contributed by atoms with E-state index in [4.69, 9.17) is 26.3 Å². The van der Waals surface area contributed by atoms with Crippen molar-refractivity contribution in [1.82, 2.24) is 24.3 Å². The number of likely N-dealkylation sites (tertiary alicyclic amines) is 2. The maximum Gasteiger partial charge on any atom is 0.246 e. The number of imidazole rings is 1. The van der Waals surface area contributed by atoms with Crippen LogP contribution < -0.4 is 4.74 Å². The van der Waals surface area contributed by atoms with Gasteiger partial charge in [-0.25, -0.2) is 14.4 Å². The molecule has 2 fully saturated rings. The van der Waals surface area contributed by atoms with Gasteiger partial charge in [0.15, 0.2) is 11.3 Å². The molecule has 228 valence electrons. The highest BCUT2D eigenvalue weighted by Crippen LogP contribution is 2.42. The fraction of sp³-hybridized carbons (Fsp3) is 0.412. The van der Waals surface area contributed by atoms with Gasteiger partial charge in [0.2, 0.25) is 11.8 Å². The number of pyridine rings is 1. The van der Waals surface area contributed by atoms with Gasteiger partial charge >= 0.3 is 0 Å².